The summed E-state index contributed by atoms with van der Waals surface area (Å²) in [7, 11) is 0. The highest BCUT2D eigenvalue weighted by molar-refractivity contribution is 9.10. The normalized spacial score (nSPS) is 17.3. The van der Waals surface area contributed by atoms with Crippen LogP contribution in [0.15, 0.2) is 22.7 Å². The SMILES string of the molecule is FC(F)(F)Oc1ccc(Br)c(NC2CCOCC2)c1. The van der Waals surface area contributed by atoms with Gasteiger partial charge in [-0.3, -0.25) is 0 Å². The number of hydrogen-bond acceptors (Lipinski definition) is 3. The van der Waals surface area contributed by atoms with Crippen LogP contribution in [0.25, 0.3) is 0 Å². The first kappa shape index (κ1) is 14.5. The van der Waals surface area contributed by atoms with Crippen molar-refractivity contribution in [1.29, 1.82) is 0 Å². The lowest BCUT2D eigenvalue weighted by Crippen LogP contribution is -2.28. The number of hydrogen-bond donors (Lipinski definition) is 1. The van der Waals surface area contributed by atoms with Gasteiger partial charge in [0.25, 0.3) is 0 Å². The van der Waals surface area contributed by atoms with Gasteiger partial charge >= 0.3 is 6.36 Å². The van der Waals surface area contributed by atoms with Crippen LogP contribution >= 0.6 is 15.9 Å². The third-order valence-electron chi connectivity index (χ3n) is 2.75. The zero-order valence-corrected chi connectivity index (χ0v) is 11.6. The van der Waals surface area contributed by atoms with Gasteiger partial charge in [0.15, 0.2) is 0 Å². The molecule has 2 rings (SSSR count). The lowest BCUT2D eigenvalue weighted by atomic mass is 10.1. The van der Waals surface area contributed by atoms with E-state index in [1.165, 1.54) is 18.2 Å². The largest absolute Gasteiger partial charge is 0.573 e. The molecule has 1 aromatic carbocycles. The van der Waals surface area contributed by atoms with Gasteiger partial charge in [-0.2, -0.15) is 0 Å². The summed E-state index contributed by atoms with van der Waals surface area (Å²) in [6.07, 6.45) is -3.02. The molecule has 7 heteroatoms. The Bertz CT molecular complexity index is 433. The van der Waals surface area contributed by atoms with Crippen LogP contribution in [0.5, 0.6) is 5.75 Å². The molecule has 1 heterocycles. The topological polar surface area (TPSA) is 30.5 Å². The summed E-state index contributed by atoms with van der Waals surface area (Å²) >= 11 is 3.31. The van der Waals surface area contributed by atoms with Crippen LogP contribution in [-0.2, 0) is 4.74 Å². The van der Waals surface area contributed by atoms with Crippen LogP contribution < -0.4 is 10.1 Å². The second-order valence-corrected chi connectivity index (χ2v) is 5.07. The summed E-state index contributed by atoms with van der Waals surface area (Å²) in [5.41, 5.74) is 0.591. The maximum atomic E-state index is 12.2. The number of rotatable bonds is 3. The summed E-state index contributed by atoms with van der Waals surface area (Å²) in [6.45, 7) is 1.32. The molecule has 1 N–H and O–H groups in total. The minimum atomic E-state index is -4.68. The monoisotopic (exact) mass is 339 g/mol. The van der Waals surface area contributed by atoms with E-state index >= 15 is 0 Å². The summed E-state index contributed by atoms with van der Waals surface area (Å²) < 4.78 is 46.3. The fourth-order valence-electron chi connectivity index (χ4n) is 1.87. The van der Waals surface area contributed by atoms with E-state index in [0.29, 0.717) is 23.4 Å². The van der Waals surface area contributed by atoms with Crippen molar-refractivity contribution in [3.05, 3.63) is 22.7 Å². The van der Waals surface area contributed by atoms with Crippen LogP contribution in [0, 0.1) is 0 Å². The van der Waals surface area contributed by atoms with Gasteiger partial charge in [0.2, 0.25) is 0 Å². The molecule has 0 bridgehead atoms. The molecular weight excluding hydrogens is 327 g/mol. The molecule has 1 fully saturated rings. The highest BCUT2D eigenvalue weighted by Crippen LogP contribution is 2.31. The Balaban J connectivity index is 2.08. The molecule has 0 atom stereocenters. The lowest BCUT2D eigenvalue weighted by molar-refractivity contribution is -0.274. The van der Waals surface area contributed by atoms with Crippen molar-refractivity contribution in [3.8, 4) is 5.75 Å². The number of nitrogens with one attached hydrogen (secondary N) is 1. The molecule has 1 saturated heterocycles. The number of halogens is 4. The summed E-state index contributed by atoms with van der Waals surface area (Å²) in [6, 6.07) is 4.34. The Labute approximate surface area is 117 Å². The fourth-order valence-corrected chi connectivity index (χ4v) is 2.24. The molecule has 19 heavy (non-hydrogen) atoms. The first-order valence-electron chi connectivity index (χ1n) is 5.83. The molecule has 0 spiro atoms. The second-order valence-electron chi connectivity index (χ2n) is 4.22. The highest BCUT2D eigenvalue weighted by Gasteiger charge is 2.31. The van der Waals surface area contributed by atoms with Crippen molar-refractivity contribution in [2.75, 3.05) is 18.5 Å². The molecule has 0 unspecified atom stereocenters. The fraction of sp³-hybridized carbons (Fsp3) is 0.500. The van der Waals surface area contributed by atoms with E-state index in [4.69, 9.17) is 4.74 Å². The van der Waals surface area contributed by atoms with Crippen molar-refractivity contribution in [1.82, 2.24) is 0 Å². The Hall–Kier alpha value is -0.950. The summed E-state index contributed by atoms with van der Waals surface area (Å²) in [4.78, 5) is 0. The number of anilines is 1. The van der Waals surface area contributed by atoms with E-state index in [9.17, 15) is 13.2 Å². The minimum absolute atomic E-state index is 0.200. The molecular formula is C12H13BrF3NO2. The van der Waals surface area contributed by atoms with Crippen molar-refractivity contribution in [3.63, 3.8) is 0 Å². The summed E-state index contributed by atoms with van der Waals surface area (Å²) in [5.74, 6) is -0.231. The molecule has 0 aromatic heterocycles. The molecule has 0 saturated carbocycles. The maximum Gasteiger partial charge on any atom is 0.573 e. The van der Waals surface area contributed by atoms with Gasteiger partial charge in [-0.1, -0.05) is 0 Å². The summed E-state index contributed by atoms with van der Waals surface area (Å²) in [5, 5.41) is 3.20. The number of ether oxygens (including phenoxy) is 2. The molecule has 0 radical (unpaired) electrons. The van der Waals surface area contributed by atoms with Crippen LogP contribution in [0.2, 0.25) is 0 Å². The van der Waals surface area contributed by atoms with Crippen LogP contribution in [0.1, 0.15) is 12.8 Å². The average Bonchev–Trinajstić information content (AvgIpc) is 2.33. The third kappa shape index (κ3) is 4.58. The van der Waals surface area contributed by atoms with Crippen LogP contribution in [0.4, 0.5) is 18.9 Å². The molecule has 3 nitrogen and oxygen atoms in total. The van der Waals surface area contributed by atoms with E-state index in [1.807, 2.05) is 0 Å². The highest BCUT2D eigenvalue weighted by atomic mass is 79.9. The lowest BCUT2D eigenvalue weighted by Gasteiger charge is -2.25. The molecule has 1 aliphatic heterocycles. The maximum absolute atomic E-state index is 12.2. The predicted octanol–water partition coefficient (Wildman–Crippen LogP) is 3.94. The Morgan fingerprint density at radius 2 is 1.95 bits per heavy atom. The minimum Gasteiger partial charge on any atom is -0.406 e. The van der Waals surface area contributed by atoms with E-state index < -0.39 is 6.36 Å². The smallest absolute Gasteiger partial charge is 0.406 e. The number of benzene rings is 1. The third-order valence-corrected chi connectivity index (χ3v) is 3.44. The molecule has 1 aliphatic rings. The zero-order valence-electron chi connectivity index (χ0n) is 9.97. The van der Waals surface area contributed by atoms with Gasteiger partial charge in [-0.05, 0) is 40.9 Å². The first-order chi connectivity index (χ1) is 8.94. The van der Waals surface area contributed by atoms with E-state index in [2.05, 4.69) is 26.0 Å². The van der Waals surface area contributed by atoms with Crippen molar-refractivity contribution < 1.29 is 22.6 Å². The number of alkyl halides is 3. The average molecular weight is 340 g/mol. The first-order valence-corrected chi connectivity index (χ1v) is 6.63. The van der Waals surface area contributed by atoms with Gasteiger partial charge in [0, 0.05) is 29.8 Å². The molecule has 106 valence electrons. The molecule has 1 aromatic rings. The quantitative estimate of drug-likeness (QED) is 0.904. The van der Waals surface area contributed by atoms with Crippen LogP contribution in [0.3, 0.4) is 0 Å². The van der Waals surface area contributed by atoms with Gasteiger partial charge in [-0.25, -0.2) is 0 Å². The van der Waals surface area contributed by atoms with E-state index in [0.717, 1.165) is 12.8 Å². The Morgan fingerprint density at radius 1 is 1.26 bits per heavy atom. The molecule has 0 amide bonds. The van der Waals surface area contributed by atoms with Crippen molar-refractivity contribution in [2.45, 2.75) is 25.2 Å². The Kier molecular flexibility index (Phi) is 4.57. The van der Waals surface area contributed by atoms with E-state index in [-0.39, 0.29) is 11.8 Å². The predicted molar refractivity (Wildman–Crippen MR) is 68.3 cm³/mol. The second kappa shape index (κ2) is 6.00. The standard InChI is InChI=1S/C12H13BrF3NO2/c13-10-2-1-9(19-12(14,15)16)7-11(10)17-8-3-5-18-6-4-8/h1-2,7-8,17H,3-6H2. The van der Waals surface area contributed by atoms with Crippen molar-refractivity contribution in [2.24, 2.45) is 0 Å². The Morgan fingerprint density at radius 3 is 2.58 bits per heavy atom. The van der Waals surface area contributed by atoms with Gasteiger partial charge < -0.3 is 14.8 Å². The van der Waals surface area contributed by atoms with Gasteiger partial charge in [0.05, 0.1) is 5.69 Å². The van der Waals surface area contributed by atoms with E-state index in [1.54, 1.807) is 0 Å². The van der Waals surface area contributed by atoms with Crippen molar-refractivity contribution >= 4 is 21.6 Å². The van der Waals surface area contributed by atoms with Gasteiger partial charge in [0.1, 0.15) is 5.75 Å². The molecule has 0 aliphatic carbocycles. The van der Waals surface area contributed by atoms with Crippen LogP contribution in [-0.4, -0.2) is 25.6 Å². The zero-order chi connectivity index (χ0) is 13.9. The van der Waals surface area contributed by atoms with Gasteiger partial charge in [-0.15, -0.1) is 13.2 Å².